The summed E-state index contributed by atoms with van der Waals surface area (Å²) in [6.45, 7) is 3.30. The van der Waals surface area contributed by atoms with Crippen LogP contribution in [0.15, 0.2) is 30.3 Å². The Kier molecular flexibility index (Phi) is 4.11. The number of aromatic amines is 1. The van der Waals surface area contributed by atoms with Gasteiger partial charge in [-0.15, -0.1) is 0 Å². The number of likely N-dealkylation sites (tertiary alicyclic amines) is 1. The summed E-state index contributed by atoms with van der Waals surface area (Å²) in [6.07, 6.45) is 2.40. The van der Waals surface area contributed by atoms with E-state index in [1.807, 2.05) is 44.8 Å². The van der Waals surface area contributed by atoms with Crippen LogP contribution < -0.4 is 0 Å². The summed E-state index contributed by atoms with van der Waals surface area (Å²) >= 11 is 0. The van der Waals surface area contributed by atoms with E-state index in [0.717, 1.165) is 48.2 Å². The molecular formula is C20H22N6O2. The topological polar surface area (TPSA) is 87.1 Å². The number of carbonyl (C=O) groups is 2. The normalized spacial score (nSPS) is 16.6. The SMILES string of the molecule is O=C(Cc1[nH]nc2ccccc12)N1CCn2nc(C(=O)N3CCCC3)cc2C1. The van der Waals surface area contributed by atoms with Crippen molar-refractivity contribution in [2.45, 2.75) is 32.4 Å². The number of amides is 2. The lowest BCUT2D eigenvalue weighted by Crippen LogP contribution is -2.39. The molecule has 1 N–H and O–H groups in total. The maximum Gasteiger partial charge on any atom is 0.274 e. The van der Waals surface area contributed by atoms with Crippen molar-refractivity contribution in [2.24, 2.45) is 0 Å². The van der Waals surface area contributed by atoms with Gasteiger partial charge in [-0.1, -0.05) is 18.2 Å². The summed E-state index contributed by atoms with van der Waals surface area (Å²) in [6, 6.07) is 9.62. The molecule has 4 heterocycles. The lowest BCUT2D eigenvalue weighted by atomic mass is 10.1. The van der Waals surface area contributed by atoms with Crippen LogP contribution in [0, 0.1) is 0 Å². The standard InChI is InChI=1S/C20H22N6O2/c27-19(12-17-15-5-1-2-6-16(15)21-22-17)25-9-10-26-14(13-25)11-18(23-26)20(28)24-7-3-4-8-24/h1-2,5-6,11H,3-4,7-10,12-13H2,(H,21,22). The molecule has 0 atom stereocenters. The molecule has 2 amide bonds. The van der Waals surface area contributed by atoms with Crippen molar-refractivity contribution in [3.05, 3.63) is 47.4 Å². The number of fused-ring (bicyclic) bond motifs is 2. The number of carbonyl (C=O) groups excluding carboxylic acids is 2. The molecular weight excluding hydrogens is 356 g/mol. The molecule has 2 aliphatic rings. The highest BCUT2D eigenvalue weighted by molar-refractivity contribution is 5.92. The molecule has 0 saturated carbocycles. The highest BCUT2D eigenvalue weighted by atomic mass is 16.2. The number of hydrogen-bond donors (Lipinski definition) is 1. The fraction of sp³-hybridized carbons (Fsp3) is 0.400. The predicted octanol–water partition coefficient (Wildman–Crippen LogP) is 1.58. The van der Waals surface area contributed by atoms with E-state index in [1.165, 1.54) is 0 Å². The third-order valence-electron chi connectivity index (χ3n) is 5.63. The van der Waals surface area contributed by atoms with Crippen molar-refractivity contribution in [3.8, 4) is 0 Å². The van der Waals surface area contributed by atoms with Gasteiger partial charge >= 0.3 is 0 Å². The molecule has 28 heavy (non-hydrogen) atoms. The van der Waals surface area contributed by atoms with Crippen molar-refractivity contribution in [1.29, 1.82) is 0 Å². The number of H-pyrrole nitrogens is 1. The second kappa shape index (κ2) is 6.78. The van der Waals surface area contributed by atoms with Crippen LogP contribution in [-0.2, 0) is 24.3 Å². The van der Waals surface area contributed by atoms with E-state index < -0.39 is 0 Å². The second-order valence-electron chi connectivity index (χ2n) is 7.45. The second-order valence-corrected chi connectivity index (χ2v) is 7.45. The molecule has 0 radical (unpaired) electrons. The Morgan fingerprint density at radius 2 is 1.86 bits per heavy atom. The van der Waals surface area contributed by atoms with Gasteiger partial charge in [-0.2, -0.15) is 10.2 Å². The third-order valence-corrected chi connectivity index (χ3v) is 5.63. The minimum Gasteiger partial charge on any atom is -0.337 e. The zero-order chi connectivity index (χ0) is 19.1. The van der Waals surface area contributed by atoms with E-state index in [1.54, 1.807) is 0 Å². The monoisotopic (exact) mass is 378 g/mol. The van der Waals surface area contributed by atoms with Gasteiger partial charge in [0.25, 0.3) is 5.91 Å². The van der Waals surface area contributed by atoms with Crippen molar-refractivity contribution >= 4 is 22.7 Å². The summed E-state index contributed by atoms with van der Waals surface area (Å²) in [5.41, 5.74) is 3.11. The van der Waals surface area contributed by atoms with Crippen LogP contribution in [-0.4, -0.2) is 61.2 Å². The van der Waals surface area contributed by atoms with Crippen LogP contribution in [0.25, 0.3) is 10.9 Å². The van der Waals surface area contributed by atoms with E-state index in [0.29, 0.717) is 25.3 Å². The molecule has 2 aliphatic heterocycles. The molecule has 0 bridgehead atoms. The van der Waals surface area contributed by atoms with E-state index in [4.69, 9.17) is 0 Å². The molecule has 2 aromatic heterocycles. The molecule has 0 aliphatic carbocycles. The number of nitrogens with zero attached hydrogens (tertiary/aromatic N) is 5. The quantitative estimate of drug-likeness (QED) is 0.750. The van der Waals surface area contributed by atoms with Gasteiger partial charge in [0.05, 0.1) is 36.4 Å². The zero-order valence-corrected chi connectivity index (χ0v) is 15.6. The Morgan fingerprint density at radius 1 is 1.04 bits per heavy atom. The number of aromatic nitrogens is 4. The van der Waals surface area contributed by atoms with Gasteiger partial charge in [0, 0.05) is 25.0 Å². The van der Waals surface area contributed by atoms with E-state index >= 15 is 0 Å². The first-order chi connectivity index (χ1) is 13.7. The predicted molar refractivity (Wildman–Crippen MR) is 103 cm³/mol. The maximum absolute atomic E-state index is 12.8. The van der Waals surface area contributed by atoms with Gasteiger partial charge in [0.1, 0.15) is 0 Å². The summed E-state index contributed by atoms with van der Waals surface area (Å²) in [5.74, 6) is 0.0514. The van der Waals surface area contributed by atoms with Crippen molar-refractivity contribution < 1.29 is 9.59 Å². The highest BCUT2D eigenvalue weighted by Gasteiger charge is 2.27. The summed E-state index contributed by atoms with van der Waals surface area (Å²) in [7, 11) is 0. The summed E-state index contributed by atoms with van der Waals surface area (Å²) in [4.78, 5) is 29.1. The molecule has 1 fully saturated rings. The molecule has 0 spiro atoms. The van der Waals surface area contributed by atoms with Crippen LogP contribution in [0.4, 0.5) is 0 Å². The first kappa shape index (κ1) is 17.0. The Balaban J connectivity index is 1.30. The Morgan fingerprint density at radius 3 is 2.71 bits per heavy atom. The van der Waals surface area contributed by atoms with E-state index in [9.17, 15) is 9.59 Å². The number of para-hydroxylation sites is 1. The molecule has 5 rings (SSSR count). The lowest BCUT2D eigenvalue weighted by Gasteiger charge is -2.27. The number of rotatable bonds is 3. The first-order valence-corrected chi connectivity index (χ1v) is 9.75. The van der Waals surface area contributed by atoms with Crippen LogP contribution in [0.3, 0.4) is 0 Å². The summed E-state index contributed by atoms with van der Waals surface area (Å²) < 4.78 is 1.86. The smallest absolute Gasteiger partial charge is 0.274 e. The third kappa shape index (κ3) is 2.94. The molecule has 3 aromatic rings. The average Bonchev–Trinajstić information content (AvgIpc) is 3.46. The van der Waals surface area contributed by atoms with Gasteiger partial charge in [-0.05, 0) is 25.0 Å². The summed E-state index contributed by atoms with van der Waals surface area (Å²) in [5, 5.41) is 12.7. The van der Waals surface area contributed by atoms with E-state index in [2.05, 4.69) is 15.3 Å². The first-order valence-electron chi connectivity index (χ1n) is 9.75. The molecule has 1 aromatic carbocycles. The number of benzene rings is 1. The minimum atomic E-state index is 0.00112. The van der Waals surface area contributed by atoms with Crippen LogP contribution in [0.2, 0.25) is 0 Å². The van der Waals surface area contributed by atoms with Gasteiger partial charge < -0.3 is 9.80 Å². The van der Waals surface area contributed by atoms with Crippen LogP contribution >= 0.6 is 0 Å². The molecule has 0 unspecified atom stereocenters. The number of nitrogens with one attached hydrogen (secondary N) is 1. The Bertz CT molecular complexity index is 1050. The molecule has 8 heteroatoms. The van der Waals surface area contributed by atoms with Gasteiger partial charge in [0.15, 0.2) is 5.69 Å². The van der Waals surface area contributed by atoms with Gasteiger partial charge in [-0.25, -0.2) is 0 Å². The molecule has 8 nitrogen and oxygen atoms in total. The van der Waals surface area contributed by atoms with Crippen molar-refractivity contribution in [1.82, 2.24) is 29.8 Å². The highest BCUT2D eigenvalue weighted by Crippen LogP contribution is 2.20. The molecule has 1 saturated heterocycles. The maximum atomic E-state index is 12.8. The average molecular weight is 378 g/mol. The van der Waals surface area contributed by atoms with E-state index in [-0.39, 0.29) is 18.2 Å². The fourth-order valence-corrected chi connectivity index (χ4v) is 4.08. The molecule has 144 valence electrons. The van der Waals surface area contributed by atoms with Crippen molar-refractivity contribution in [2.75, 3.05) is 19.6 Å². The Hall–Kier alpha value is -3.16. The van der Waals surface area contributed by atoms with Crippen molar-refractivity contribution in [3.63, 3.8) is 0 Å². The Labute approximate surface area is 162 Å². The van der Waals surface area contributed by atoms with Crippen LogP contribution in [0.5, 0.6) is 0 Å². The fourth-order valence-electron chi connectivity index (χ4n) is 4.08. The number of hydrogen-bond acceptors (Lipinski definition) is 4. The van der Waals surface area contributed by atoms with Gasteiger partial charge in [-0.3, -0.25) is 19.4 Å². The van der Waals surface area contributed by atoms with Gasteiger partial charge in [0.2, 0.25) is 5.91 Å². The largest absolute Gasteiger partial charge is 0.337 e. The minimum absolute atomic E-state index is 0.00112. The van der Waals surface area contributed by atoms with Crippen LogP contribution in [0.1, 0.15) is 34.7 Å². The lowest BCUT2D eigenvalue weighted by molar-refractivity contribution is -0.132. The zero-order valence-electron chi connectivity index (χ0n) is 15.6.